The van der Waals surface area contributed by atoms with Gasteiger partial charge in [-0.2, -0.15) is 0 Å². The highest BCUT2D eigenvalue weighted by atomic mass is 16.6. The van der Waals surface area contributed by atoms with Gasteiger partial charge in [0.2, 0.25) is 5.91 Å². The van der Waals surface area contributed by atoms with Gasteiger partial charge in [0, 0.05) is 58.2 Å². The fourth-order valence-corrected chi connectivity index (χ4v) is 4.71. The molecule has 3 rings (SSSR count). The van der Waals surface area contributed by atoms with Gasteiger partial charge in [-0.05, 0) is 53.4 Å². The first-order valence-corrected chi connectivity index (χ1v) is 11.2. The monoisotopic (exact) mass is 409 g/mol. The Morgan fingerprint density at radius 3 is 2.07 bits per heavy atom. The number of carbonyl (C=O) groups excluding carboxylic acids is 2. The molecule has 0 aromatic carbocycles. The number of piperidine rings is 1. The zero-order chi connectivity index (χ0) is 21.2. The predicted molar refractivity (Wildman–Crippen MR) is 112 cm³/mol. The highest BCUT2D eigenvalue weighted by molar-refractivity contribution is 5.77. The Bertz CT molecular complexity index is 567. The lowest BCUT2D eigenvalue weighted by Crippen LogP contribution is -2.53. The summed E-state index contributed by atoms with van der Waals surface area (Å²) in [6.45, 7) is 16.0. The quantitative estimate of drug-likeness (QED) is 0.714. The number of rotatable bonds is 4. The van der Waals surface area contributed by atoms with E-state index in [-0.39, 0.29) is 17.9 Å². The number of hydrogen-bond donors (Lipinski definition) is 0. The Morgan fingerprint density at radius 2 is 1.52 bits per heavy atom. The number of amides is 2. The number of likely N-dealkylation sites (tertiary alicyclic amines) is 2. The van der Waals surface area contributed by atoms with Crippen LogP contribution in [0, 0.1) is 11.8 Å². The van der Waals surface area contributed by atoms with E-state index in [0.717, 1.165) is 45.6 Å². The minimum absolute atomic E-state index is 0.242. The van der Waals surface area contributed by atoms with Gasteiger partial charge in [-0.3, -0.25) is 9.69 Å². The summed E-state index contributed by atoms with van der Waals surface area (Å²) in [4.78, 5) is 30.9. The summed E-state index contributed by atoms with van der Waals surface area (Å²) in [5.74, 6) is 1.18. The van der Waals surface area contributed by atoms with Crippen LogP contribution < -0.4 is 0 Å². The molecule has 2 atom stereocenters. The van der Waals surface area contributed by atoms with E-state index in [9.17, 15) is 9.59 Å². The minimum Gasteiger partial charge on any atom is -0.444 e. The van der Waals surface area contributed by atoms with Crippen LogP contribution in [0.25, 0.3) is 0 Å². The molecule has 0 radical (unpaired) electrons. The molecule has 3 heterocycles. The summed E-state index contributed by atoms with van der Waals surface area (Å²) in [5.41, 5.74) is -0.473. The number of hydrogen-bond acceptors (Lipinski definition) is 5. The van der Waals surface area contributed by atoms with Crippen molar-refractivity contribution in [3.63, 3.8) is 0 Å². The van der Waals surface area contributed by atoms with E-state index in [1.165, 1.54) is 0 Å². The van der Waals surface area contributed by atoms with E-state index in [4.69, 9.17) is 9.47 Å². The van der Waals surface area contributed by atoms with Gasteiger partial charge >= 0.3 is 6.09 Å². The van der Waals surface area contributed by atoms with Crippen LogP contribution in [0.2, 0.25) is 0 Å². The summed E-state index contributed by atoms with van der Waals surface area (Å²) >= 11 is 0. The predicted octanol–water partition coefficient (Wildman–Crippen LogP) is 2.59. The molecule has 0 spiro atoms. The van der Waals surface area contributed by atoms with Crippen LogP contribution in [0.15, 0.2) is 0 Å². The topological polar surface area (TPSA) is 62.3 Å². The minimum atomic E-state index is -0.473. The second-order valence-corrected chi connectivity index (χ2v) is 10.3. The van der Waals surface area contributed by atoms with E-state index in [0.29, 0.717) is 37.6 Å². The first-order chi connectivity index (χ1) is 13.6. The molecule has 0 aromatic rings. The van der Waals surface area contributed by atoms with Crippen LogP contribution in [0.5, 0.6) is 0 Å². The van der Waals surface area contributed by atoms with Crippen LogP contribution in [0.1, 0.15) is 53.9 Å². The molecule has 0 N–H and O–H groups in total. The summed E-state index contributed by atoms with van der Waals surface area (Å²) in [7, 11) is 0. The molecule has 2 amide bonds. The molecule has 3 saturated heterocycles. The van der Waals surface area contributed by atoms with Gasteiger partial charge < -0.3 is 19.3 Å². The molecule has 3 fully saturated rings. The third-order valence-electron chi connectivity index (χ3n) is 6.05. The summed E-state index contributed by atoms with van der Waals surface area (Å²) in [6.07, 6.45) is 3.06. The van der Waals surface area contributed by atoms with Gasteiger partial charge in [0.05, 0.1) is 12.2 Å². The molecular weight excluding hydrogens is 370 g/mol. The van der Waals surface area contributed by atoms with Crippen molar-refractivity contribution in [2.75, 3.05) is 45.8 Å². The molecule has 0 aromatic heterocycles. The fourth-order valence-electron chi connectivity index (χ4n) is 4.71. The van der Waals surface area contributed by atoms with Crippen molar-refractivity contribution >= 4 is 12.0 Å². The largest absolute Gasteiger partial charge is 0.444 e. The maximum Gasteiger partial charge on any atom is 0.410 e. The van der Waals surface area contributed by atoms with Crippen LogP contribution in [0.4, 0.5) is 4.79 Å². The van der Waals surface area contributed by atoms with Gasteiger partial charge in [0.15, 0.2) is 0 Å². The maximum atomic E-state index is 12.7. The lowest BCUT2D eigenvalue weighted by Gasteiger charge is -2.41. The van der Waals surface area contributed by atoms with Gasteiger partial charge in [0.1, 0.15) is 5.60 Å². The van der Waals surface area contributed by atoms with Crippen LogP contribution in [-0.4, -0.2) is 90.3 Å². The SMILES string of the molecule is C[C@H]1CN(CC2CCN(C(=O)CC3CN(C(=O)OC(C)(C)C)C3)CC2)C[C@H](C)O1. The molecule has 0 unspecified atom stereocenters. The second-order valence-electron chi connectivity index (χ2n) is 10.3. The molecule has 3 aliphatic rings. The van der Waals surface area contributed by atoms with Crippen molar-refractivity contribution in [1.82, 2.24) is 14.7 Å². The van der Waals surface area contributed by atoms with E-state index in [2.05, 4.69) is 18.7 Å². The molecule has 0 saturated carbocycles. The maximum absolute atomic E-state index is 12.7. The lowest BCUT2D eigenvalue weighted by atomic mass is 9.93. The van der Waals surface area contributed by atoms with Gasteiger partial charge in [-0.15, -0.1) is 0 Å². The zero-order valence-corrected chi connectivity index (χ0v) is 18.9. The van der Waals surface area contributed by atoms with Crippen LogP contribution >= 0.6 is 0 Å². The molecule has 29 heavy (non-hydrogen) atoms. The van der Waals surface area contributed by atoms with Crippen LogP contribution in [-0.2, 0) is 14.3 Å². The van der Waals surface area contributed by atoms with Crippen molar-refractivity contribution in [2.45, 2.75) is 71.7 Å². The summed E-state index contributed by atoms with van der Waals surface area (Å²) in [6, 6.07) is 0. The van der Waals surface area contributed by atoms with Gasteiger partial charge in [-0.25, -0.2) is 4.79 Å². The van der Waals surface area contributed by atoms with Crippen molar-refractivity contribution in [3.8, 4) is 0 Å². The highest BCUT2D eigenvalue weighted by Crippen LogP contribution is 2.25. The van der Waals surface area contributed by atoms with E-state index in [1.54, 1.807) is 4.90 Å². The first-order valence-electron chi connectivity index (χ1n) is 11.2. The number of morpholine rings is 1. The second kappa shape index (κ2) is 9.21. The van der Waals surface area contributed by atoms with Crippen molar-refractivity contribution in [3.05, 3.63) is 0 Å². The lowest BCUT2D eigenvalue weighted by molar-refractivity contribution is -0.135. The molecule has 7 nitrogen and oxygen atoms in total. The van der Waals surface area contributed by atoms with Crippen molar-refractivity contribution < 1.29 is 19.1 Å². The number of ether oxygens (including phenoxy) is 2. The average Bonchev–Trinajstić information content (AvgIpc) is 2.55. The molecule has 0 bridgehead atoms. The zero-order valence-electron chi connectivity index (χ0n) is 18.9. The molecule has 166 valence electrons. The summed E-state index contributed by atoms with van der Waals surface area (Å²) < 4.78 is 11.2. The normalized spacial score (nSPS) is 27.6. The van der Waals surface area contributed by atoms with E-state index >= 15 is 0 Å². The smallest absolute Gasteiger partial charge is 0.410 e. The summed E-state index contributed by atoms with van der Waals surface area (Å²) in [5, 5.41) is 0. The molecular formula is C22H39N3O4. The van der Waals surface area contributed by atoms with Crippen LogP contribution in [0.3, 0.4) is 0 Å². The highest BCUT2D eigenvalue weighted by Gasteiger charge is 2.36. The Labute approximate surface area is 175 Å². The fraction of sp³-hybridized carbons (Fsp3) is 0.909. The number of carbonyl (C=O) groups is 2. The third kappa shape index (κ3) is 6.57. The molecule has 3 aliphatic heterocycles. The number of nitrogens with zero attached hydrogens (tertiary/aromatic N) is 3. The Kier molecular flexibility index (Phi) is 7.10. The Morgan fingerprint density at radius 1 is 0.931 bits per heavy atom. The standard InChI is InChI=1S/C22H39N3O4/c1-16-11-23(12-17(2)28-16)13-18-6-8-24(9-7-18)20(26)10-19-14-25(15-19)21(27)29-22(3,4)5/h16-19H,6-15H2,1-5H3/t16-,17-/m0/s1. The van der Waals surface area contributed by atoms with Gasteiger partial charge in [0.25, 0.3) is 0 Å². The third-order valence-corrected chi connectivity index (χ3v) is 6.05. The molecule has 0 aliphatic carbocycles. The van der Waals surface area contributed by atoms with Gasteiger partial charge in [-0.1, -0.05) is 0 Å². The Hall–Kier alpha value is -1.34. The van der Waals surface area contributed by atoms with E-state index < -0.39 is 5.60 Å². The Balaban J connectivity index is 1.33. The van der Waals surface area contributed by atoms with Crippen molar-refractivity contribution in [1.29, 1.82) is 0 Å². The molecule has 7 heteroatoms. The van der Waals surface area contributed by atoms with E-state index in [1.807, 2.05) is 25.7 Å². The average molecular weight is 410 g/mol. The first kappa shape index (κ1) is 22.3. The van der Waals surface area contributed by atoms with Crippen molar-refractivity contribution in [2.24, 2.45) is 11.8 Å².